The maximum Gasteiger partial charge on any atom is 0.256 e. The van der Waals surface area contributed by atoms with Crippen LogP contribution in [0, 0.1) is 6.92 Å². The number of nitrogens with zero attached hydrogens (tertiary/aromatic N) is 4. The van der Waals surface area contributed by atoms with Gasteiger partial charge in [-0.1, -0.05) is 35.9 Å². The van der Waals surface area contributed by atoms with Crippen molar-refractivity contribution in [2.45, 2.75) is 45.7 Å². The standard InChI is InChI=1S/C24H27N5O/c1-17-8-10-20(11-9-17)22-26-16-21(23(28-22)29-13-4-3-6-18(29)2)24(30)27-15-19-7-5-12-25-14-19/h5,7-12,14,16,18H,3-4,6,13,15H2,1-2H3,(H,27,30)/t18-/m1/s1. The maximum atomic E-state index is 13.0. The van der Waals surface area contributed by atoms with E-state index in [0.717, 1.165) is 36.3 Å². The summed E-state index contributed by atoms with van der Waals surface area (Å²) in [5.41, 5.74) is 3.61. The second-order valence-corrected chi connectivity index (χ2v) is 7.88. The highest BCUT2D eigenvalue weighted by atomic mass is 16.1. The molecule has 0 bridgehead atoms. The SMILES string of the molecule is Cc1ccc(-c2ncc(C(=O)NCc3cccnc3)c(N3CCCC[C@H]3C)n2)cc1. The number of piperidine rings is 1. The van der Waals surface area contributed by atoms with Gasteiger partial charge in [0, 0.05) is 43.3 Å². The van der Waals surface area contributed by atoms with Gasteiger partial charge in [-0.2, -0.15) is 0 Å². The number of benzene rings is 1. The van der Waals surface area contributed by atoms with Gasteiger partial charge in [0.1, 0.15) is 11.4 Å². The summed E-state index contributed by atoms with van der Waals surface area (Å²) in [6, 6.07) is 12.3. The molecule has 1 N–H and O–H groups in total. The van der Waals surface area contributed by atoms with Crippen molar-refractivity contribution in [3.63, 3.8) is 0 Å². The summed E-state index contributed by atoms with van der Waals surface area (Å²) in [5.74, 6) is 1.20. The summed E-state index contributed by atoms with van der Waals surface area (Å²) in [6.07, 6.45) is 8.54. The van der Waals surface area contributed by atoms with Gasteiger partial charge in [0.15, 0.2) is 5.82 Å². The quantitative estimate of drug-likeness (QED) is 0.695. The number of amides is 1. The van der Waals surface area contributed by atoms with Crippen molar-refractivity contribution in [2.75, 3.05) is 11.4 Å². The Balaban J connectivity index is 1.65. The molecule has 1 fully saturated rings. The van der Waals surface area contributed by atoms with Crippen LogP contribution >= 0.6 is 0 Å². The molecule has 0 radical (unpaired) electrons. The van der Waals surface area contributed by atoms with Crippen LogP contribution in [-0.2, 0) is 6.54 Å². The number of aromatic nitrogens is 3. The first-order valence-corrected chi connectivity index (χ1v) is 10.5. The van der Waals surface area contributed by atoms with Crippen molar-refractivity contribution in [1.29, 1.82) is 0 Å². The molecular weight excluding hydrogens is 374 g/mol. The van der Waals surface area contributed by atoms with Crippen LogP contribution in [0.2, 0.25) is 0 Å². The molecule has 1 aromatic carbocycles. The minimum atomic E-state index is -0.165. The Kier molecular flexibility index (Phi) is 6.02. The molecule has 3 heterocycles. The number of hydrogen-bond acceptors (Lipinski definition) is 5. The van der Waals surface area contributed by atoms with Crippen molar-refractivity contribution >= 4 is 11.7 Å². The molecule has 2 aromatic heterocycles. The zero-order valence-electron chi connectivity index (χ0n) is 17.5. The van der Waals surface area contributed by atoms with Crippen molar-refractivity contribution < 1.29 is 4.79 Å². The summed E-state index contributed by atoms with van der Waals surface area (Å²) in [4.78, 5) is 28.8. The smallest absolute Gasteiger partial charge is 0.256 e. The summed E-state index contributed by atoms with van der Waals surface area (Å²) in [7, 11) is 0. The molecule has 6 heteroatoms. The Labute approximate surface area is 177 Å². The molecule has 4 rings (SSSR count). The molecule has 0 aliphatic carbocycles. The van der Waals surface area contributed by atoms with E-state index < -0.39 is 0 Å². The number of nitrogens with one attached hydrogen (secondary N) is 1. The van der Waals surface area contributed by atoms with Gasteiger partial charge in [-0.15, -0.1) is 0 Å². The van der Waals surface area contributed by atoms with Crippen LogP contribution in [0.15, 0.2) is 55.0 Å². The van der Waals surface area contributed by atoms with E-state index in [1.54, 1.807) is 18.6 Å². The number of pyridine rings is 1. The van der Waals surface area contributed by atoms with E-state index in [1.165, 1.54) is 12.0 Å². The van der Waals surface area contributed by atoms with Gasteiger partial charge in [0.2, 0.25) is 0 Å². The van der Waals surface area contributed by atoms with Crippen LogP contribution in [0.1, 0.15) is 47.7 Å². The molecular formula is C24H27N5O. The average molecular weight is 402 g/mol. The highest BCUT2D eigenvalue weighted by Crippen LogP contribution is 2.28. The molecule has 0 unspecified atom stereocenters. The Morgan fingerprint density at radius 3 is 2.73 bits per heavy atom. The molecule has 3 aromatic rings. The van der Waals surface area contributed by atoms with E-state index in [9.17, 15) is 4.79 Å². The second-order valence-electron chi connectivity index (χ2n) is 7.88. The van der Waals surface area contributed by atoms with Gasteiger partial charge in [-0.05, 0) is 44.7 Å². The molecule has 6 nitrogen and oxygen atoms in total. The van der Waals surface area contributed by atoms with Crippen molar-refractivity contribution in [3.8, 4) is 11.4 Å². The molecule has 1 aliphatic rings. The van der Waals surface area contributed by atoms with E-state index in [-0.39, 0.29) is 5.91 Å². The second kappa shape index (κ2) is 9.03. The number of carbonyl (C=O) groups is 1. The third-order valence-electron chi connectivity index (χ3n) is 5.57. The molecule has 1 atom stereocenters. The van der Waals surface area contributed by atoms with Crippen LogP contribution in [0.25, 0.3) is 11.4 Å². The van der Waals surface area contributed by atoms with Gasteiger partial charge in [0.05, 0.1) is 0 Å². The fraction of sp³-hybridized carbons (Fsp3) is 0.333. The largest absolute Gasteiger partial charge is 0.353 e. The lowest BCUT2D eigenvalue weighted by Crippen LogP contribution is -2.40. The molecule has 30 heavy (non-hydrogen) atoms. The summed E-state index contributed by atoms with van der Waals surface area (Å²) in [6.45, 7) is 5.57. The molecule has 0 spiro atoms. The summed E-state index contributed by atoms with van der Waals surface area (Å²) < 4.78 is 0. The number of aryl methyl sites for hydroxylation is 1. The van der Waals surface area contributed by atoms with E-state index in [0.29, 0.717) is 24.0 Å². The minimum Gasteiger partial charge on any atom is -0.353 e. The Morgan fingerprint density at radius 2 is 2.00 bits per heavy atom. The van der Waals surface area contributed by atoms with Crippen LogP contribution < -0.4 is 10.2 Å². The third kappa shape index (κ3) is 4.48. The van der Waals surface area contributed by atoms with Crippen LogP contribution in [0.4, 0.5) is 5.82 Å². The van der Waals surface area contributed by atoms with Gasteiger partial charge >= 0.3 is 0 Å². The highest BCUT2D eigenvalue weighted by molar-refractivity contribution is 5.99. The first kappa shape index (κ1) is 20.0. The van der Waals surface area contributed by atoms with Crippen LogP contribution in [0.3, 0.4) is 0 Å². The van der Waals surface area contributed by atoms with Crippen molar-refractivity contribution in [3.05, 3.63) is 71.7 Å². The molecule has 0 saturated carbocycles. The number of carbonyl (C=O) groups excluding carboxylic acids is 1. The Morgan fingerprint density at radius 1 is 1.17 bits per heavy atom. The first-order chi connectivity index (χ1) is 14.6. The topological polar surface area (TPSA) is 71.0 Å². The lowest BCUT2D eigenvalue weighted by molar-refractivity contribution is 0.0950. The zero-order chi connectivity index (χ0) is 20.9. The molecule has 1 saturated heterocycles. The van der Waals surface area contributed by atoms with Gasteiger partial charge < -0.3 is 10.2 Å². The van der Waals surface area contributed by atoms with E-state index in [4.69, 9.17) is 4.98 Å². The molecule has 154 valence electrons. The molecule has 1 amide bonds. The lowest BCUT2D eigenvalue weighted by atomic mass is 10.0. The lowest BCUT2D eigenvalue weighted by Gasteiger charge is -2.35. The Bertz CT molecular complexity index is 1000. The first-order valence-electron chi connectivity index (χ1n) is 10.5. The number of hydrogen-bond donors (Lipinski definition) is 1. The Hall–Kier alpha value is -3.28. The minimum absolute atomic E-state index is 0.165. The number of anilines is 1. The predicted molar refractivity (Wildman–Crippen MR) is 118 cm³/mol. The molecule has 1 aliphatic heterocycles. The number of rotatable bonds is 5. The van der Waals surface area contributed by atoms with Crippen molar-refractivity contribution in [1.82, 2.24) is 20.3 Å². The average Bonchev–Trinajstić information content (AvgIpc) is 2.79. The van der Waals surface area contributed by atoms with E-state index >= 15 is 0 Å². The normalized spacial score (nSPS) is 16.3. The zero-order valence-corrected chi connectivity index (χ0v) is 17.5. The third-order valence-corrected chi connectivity index (χ3v) is 5.57. The van der Waals surface area contributed by atoms with Gasteiger partial charge in [0.25, 0.3) is 5.91 Å². The van der Waals surface area contributed by atoms with E-state index in [1.807, 2.05) is 24.3 Å². The van der Waals surface area contributed by atoms with Gasteiger partial charge in [-0.3, -0.25) is 9.78 Å². The summed E-state index contributed by atoms with van der Waals surface area (Å²) >= 11 is 0. The fourth-order valence-electron chi connectivity index (χ4n) is 3.79. The van der Waals surface area contributed by atoms with Crippen LogP contribution in [-0.4, -0.2) is 33.4 Å². The monoisotopic (exact) mass is 401 g/mol. The van der Waals surface area contributed by atoms with Crippen LogP contribution in [0.5, 0.6) is 0 Å². The highest BCUT2D eigenvalue weighted by Gasteiger charge is 2.26. The van der Waals surface area contributed by atoms with Gasteiger partial charge in [-0.25, -0.2) is 9.97 Å². The van der Waals surface area contributed by atoms with Crippen molar-refractivity contribution in [2.24, 2.45) is 0 Å². The fourth-order valence-corrected chi connectivity index (χ4v) is 3.79. The van der Waals surface area contributed by atoms with E-state index in [2.05, 4.69) is 46.2 Å². The predicted octanol–water partition coefficient (Wildman–Crippen LogP) is 4.16. The summed E-state index contributed by atoms with van der Waals surface area (Å²) in [5, 5.41) is 2.99. The maximum absolute atomic E-state index is 13.0.